The summed E-state index contributed by atoms with van der Waals surface area (Å²) < 4.78 is 11.0. The van der Waals surface area contributed by atoms with Crippen molar-refractivity contribution in [1.29, 1.82) is 0 Å². The summed E-state index contributed by atoms with van der Waals surface area (Å²) in [5.41, 5.74) is -1.83. The fourth-order valence-electron chi connectivity index (χ4n) is 2.76. The molecule has 2 aromatic carbocycles. The van der Waals surface area contributed by atoms with Crippen LogP contribution in [0.25, 0.3) is 12.2 Å². The molecule has 0 saturated heterocycles. The SMILES string of the molecule is COc1ccc(/C=C/c2[nH]c(=O)[nH]c(=O)c2[N+](=O)[O-])cc1OCc1ccc([N+](=O)[O-])cc1. The number of non-ortho nitro benzene ring substituents is 1. The zero-order valence-corrected chi connectivity index (χ0v) is 16.6. The van der Waals surface area contributed by atoms with E-state index in [1.165, 1.54) is 31.4 Å². The normalized spacial score (nSPS) is 10.8. The molecule has 1 aromatic heterocycles. The molecule has 0 bridgehead atoms. The lowest BCUT2D eigenvalue weighted by Gasteiger charge is -2.11. The van der Waals surface area contributed by atoms with Crippen molar-refractivity contribution in [3.8, 4) is 11.5 Å². The molecule has 0 aliphatic rings. The molecule has 0 aliphatic heterocycles. The molecule has 2 N–H and O–H groups in total. The monoisotopic (exact) mass is 440 g/mol. The highest BCUT2D eigenvalue weighted by Gasteiger charge is 2.18. The second-order valence-electron chi connectivity index (χ2n) is 6.38. The van der Waals surface area contributed by atoms with Crippen molar-refractivity contribution in [2.75, 3.05) is 7.11 Å². The van der Waals surface area contributed by atoms with E-state index in [0.717, 1.165) is 0 Å². The van der Waals surface area contributed by atoms with Crippen LogP contribution in [0.2, 0.25) is 0 Å². The summed E-state index contributed by atoms with van der Waals surface area (Å²) in [5.74, 6) is 0.765. The summed E-state index contributed by atoms with van der Waals surface area (Å²) in [6.45, 7) is 0.106. The third-order valence-electron chi connectivity index (χ3n) is 4.30. The smallest absolute Gasteiger partial charge is 0.357 e. The highest BCUT2D eigenvalue weighted by atomic mass is 16.6. The number of nitro benzene ring substituents is 1. The van der Waals surface area contributed by atoms with Crippen molar-refractivity contribution in [2.24, 2.45) is 0 Å². The van der Waals surface area contributed by atoms with Gasteiger partial charge in [-0.1, -0.05) is 12.1 Å². The van der Waals surface area contributed by atoms with Crippen LogP contribution < -0.4 is 20.7 Å². The minimum absolute atomic E-state index is 0.0367. The number of hydrogen-bond acceptors (Lipinski definition) is 8. The zero-order chi connectivity index (χ0) is 23.3. The van der Waals surface area contributed by atoms with Crippen LogP contribution in [0, 0.1) is 20.2 Å². The van der Waals surface area contributed by atoms with Crippen molar-refractivity contribution < 1.29 is 19.3 Å². The van der Waals surface area contributed by atoms with E-state index < -0.39 is 26.8 Å². The maximum Gasteiger partial charge on any atom is 0.357 e. The number of nitrogens with one attached hydrogen (secondary N) is 2. The highest BCUT2D eigenvalue weighted by molar-refractivity contribution is 5.72. The van der Waals surface area contributed by atoms with Gasteiger partial charge in [-0.25, -0.2) is 4.79 Å². The second kappa shape index (κ2) is 9.38. The molecular formula is C20H16N4O8. The van der Waals surface area contributed by atoms with Crippen LogP contribution >= 0.6 is 0 Å². The number of benzene rings is 2. The quantitative estimate of drug-likeness (QED) is 0.397. The Kier molecular flexibility index (Phi) is 6.44. The molecule has 0 saturated carbocycles. The molecule has 164 valence electrons. The average Bonchev–Trinajstić information content (AvgIpc) is 2.75. The Morgan fingerprint density at radius 1 is 0.938 bits per heavy atom. The van der Waals surface area contributed by atoms with E-state index in [1.807, 2.05) is 4.98 Å². The van der Waals surface area contributed by atoms with Gasteiger partial charge in [-0.05, 0) is 41.5 Å². The Balaban J connectivity index is 1.85. The van der Waals surface area contributed by atoms with Crippen LogP contribution in [-0.2, 0) is 6.61 Å². The van der Waals surface area contributed by atoms with Gasteiger partial charge < -0.3 is 14.5 Å². The second-order valence-corrected chi connectivity index (χ2v) is 6.38. The van der Waals surface area contributed by atoms with Crippen LogP contribution in [0.1, 0.15) is 16.8 Å². The van der Waals surface area contributed by atoms with Gasteiger partial charge in [0.05, 0.1) is 17.0 Å². The van der Waals surface area contributed by atoms with Gasteiger partial charge >= 0.3 is 16.9 Å². The molecule has 0 atom stereocenters. The number of nitrogens with zero attached hydrogens (tertiary/aromatic N) is 2. The summed E-state index contributed by atoms with van der Waals surface area (Å²) in [6.07, 6.45) is 2.69. The van der Waals surface area contributed by atoms with E-state index in [2.05, 4.69) is 4.98 Å². The van der Waals surface area contributed by atoms with Crippen molar-refractivity contribution in [2.45, 2.75) is 6.61 Å². The number of H-pyrrole nitrogens is 2. The van der Waals surface area contributed by atoms with Gasteiger partial charge in [0.15, 0.2) is 11.5 Å². The Labute approximate surface area is 179 Å². The first-order valence-electron chi connectivity index (χ1n) is 9.01. The molecule has 0 unspecified atom stereocenters. The van der Waals surface area contributed by atoms with Crippen molar-refractivity contribution in [1.82, 2.24) is 9.97 Å². The fourth-order valence-corrected chi connectivity index (χ4v) is 2.76. The lowest BCUT2D eigenvalue weighted by Crippen LogP contribution is -2.25. The van der Waals surface area contributed by atoms with Gasteiger partial charge in [-0.15, -0.1) is 0 Å². The number of rotatable bonds is 8. The van der Waals surface area contributed by atoms with Gasteiger partial charge in [0, 0.05) is 12.1 Å². The molecule has 0 amide bonds. The third-order valence-corrected chi connectivity index (χ3v) is 4.30. The molecule has 1 heterocycles. The Morgan fingerprint density at radius 3 is 2.28 bits per heavy atom. The molecule has 0 fully saturated rings. The number of hydrogen-bond donors (Lipinski definition) is 2. The molecule has 32 heavy (non-hydrogen) atoms. The van der Waals surface area contributed by atoms with E-state index in [9.17, 15) is 29.8 Å². The van der Waals surface area contributed by atoms with Crippen molar-refractivity contribution >= 4 is 23.5 Å². The number of nitro groups is 2. The third kappa shape index (κ3) is 5.05. The first-order chi connectivity index (χ1) is 15.3. The number of aromatic amines is 2. The number of ether oxygens (including phenoxy) is 2. The standard InChI is InChI=1S/C20H16N4O8/c1-31-16-9-5-12(4-8-15-18(24(29)30)19(25)22-20(26)21-15)10-17(16)32-11-13-2-6-14(7-3-13)23(27)28/h2-10H,11H2,1H3,(H2,21,22,25,26)/b8-4+. The van der Waals surface area contributed by atoms with Crippen LogP contribution in [0.15, 0.2) is 52.1 Å². The number of aromatic nitrogens is 2. The maximum absolute atomic E-state index is 11.7. The largest absolute Gasteiger partial charge is 0.493 e. The van der Waals surface area contributed by atoms with Crippen molar-refractivity contribution in [3.63, 3.8) is 0 Å². The van der Waals surface area contributed by atoms with Gasteiger partial charge in [0.1, 0.15) is 12.3 Å². The van der Waals surface area contributed by atoms with E-state index in [1.54, 1.807) is 30.3 Å². The van der Waals surface area contributed by atoms with Gasteiger partial charge in [0.25, 0.3) is 5.69 Å². The first-order valence-corrected chi connectivity index (χ1v) is 9.01. The van der Waals surface area contributed by atoms with Crippen LogP contribution in [0.5, 0.6) is 11.5 Å². The lowest BCUT2D eigenvalue weighted by atomic mass is 10.1. The Morgan fingerprint density at radius 2 is 1.66 bits per heavy atom. The van der Waals surface area contributed by atoms with Gasteiger partial charge in [-0.2, -0.15) is 0 Å². The maximum atomic E-state index is 11.7. The van der Waals surface area contributed by atoms with Crippen LogP contribution in [0.4, 0.5) is 11.4 Å². The van der Waals surface area contributed by atoms with E-state index in [0.29, 0.717) is 22.6 Å². The van der Waals surface area contributed by atoms with Crippen LogP contribution in [0.3, 0.4) is 0 Å². The summed E-state index contributed by atoms with van der Waals surface area (Å²) in [4.78, 5) is 47.7. The minimum Gasteiger partial charge on any atom is -0.493 e. The van der Waals surface area contributed by atoms with E-state index in [4.69, 9.17) is 9.47 Å². The molecule has 0 spiro atoms. The molecular weight excluding hydrogens is 424 g/mol. The summed E-state index contributed by atoms with van der Waals surface area (Å²) in [7, 11) is 1.45. The zero-order valence-electron chi connectivity index (χ0n) is 16.6. The molecule has 0 aliphatic carbocycles. The van der Waals surface area contributed by atoms with Crippen molar-refractivity contribution in [3.05, 3.63) is 100 Å². The van der Waals surface area contributed by atoms with Crippen LogP contribution in [-0.4, -0.2) is 26.9 Å². The molecule has 0 radical (unpaired) electrons. The molecule has 3 aromatic rings. The highest BCUT2D eigenvalue weighted by Crippen LogP contribution is 2.30. The Bertz CT molecular complexity index is 1310. The van der Waals surface area contributed by atoms with Gasteiger partial charge in [-0.3, -0.25) is 30.0 Å². The summed E-state index contributed by atoms with van der Waals surface area (Å²) in [6, 6.07) is 10.7. The topological polar surface area (TPSA) is 170 Å². The molecule has 12 heteroatoms. The van der Waals surface area contributed by atoms with E-state index >= 15 is 0 Å². The predicted octanol–water partition coefficient (Wildman–Crippen LogP) is 2.64. The predicted molar refractivity (Wildman–Crippen MR) is 114 cm³/mol. The average molecular weight is 440 g/mol. The molecule has 12 nitrogen and oxygen atoms in total. The lowest BCUT2D eigenvalue weighted by molar-refractivity contribution is -0.386. The number of methoxy groups -OCH3 is 1. The minimum atomic E-state index is -1.11. The van der Waals surface area contributed by atoms with Gasteiger partial charge in [0.2, 0.25) is 0 Å². The van der Waals surface area contributed by atoms with E-state index in [-0.39, 0.29) is 18.0 Å². The Hall–Kier alpha value is -4.74. The molecule has 3 rings (SSSR count). The fraction of sp³-hybridized carbons (Fsp3) is 0.100. The summed E-state index contributed by atoms with van der Waals surface area (Å²) >= 11 is 0. The first kappa shape index (κ1) is 22.0. The summed E-state index contributed by atoms with van der Waals surface area (Å²) in [5, 5.41) is 21.9.